The predicted molar refractivity (Wildman–Crippen MR) is 77.7 cm³/mol. The summed E-state index contributed by atoms with van der Waals surface area (Å²) in [5, 5.41) is 9.52. The van der Waals surface area contributed by atoms with Crippen LogP contribution < -0.4 is 0 Å². The van der Waals surface area contributed by atoms with E-state index in [1.54, 1.807) is 11.8 Å². The van der Waals surface area contributed by atoms with E-state index < -0.39 is 24.0 Å². The van der Waals surface area contributed by atoms with Crippen LogP contribution in [0.1, 0.15) is 26.2 Å². The molecule has 7 nitrogen and oxygen atoms in total. The number of ether oxygens (including phenoxy) is 2. The molecule has 0 saturated carbocycles. The molecule has 1 rings (SSSR count). The maximum atomic E-state index is 12.5. The first-order valence-corrected chi connectivity index (χ1v) is 7.26. The van der Waals surface area contributed by atoms with Crippen molar-refractivity contribution in [1.82, 2.24) is 4.90 Å². The molecule has 22 heavy (non-hydrogen) atoms. The number of hydrogen-bond donors (Lipinski definition) is 1. The number of carbonyl (C=O) groups excluding carboxylic acids is 3. The molecule has 1 aliphatic heterocycles. The lowest BCUT2D eigenvalue weighted by atomic mass is 9.90. The summed E-state index contributed by atoms with van der Waals surface area (Å²) in [7, 11) is 1.19. The van der Waals surface area contributed by atoms with Crippen molar-refractivity contribution in [3.8, 4) is 0 Å². The van der Waals surface area contributed by atoms with Crippen LogP contribution in [0.3, 0.4) is 0 Å². The van der Waals surface area contributed by atoms with Gasteiger partial charge in [0, 0.05) is 25.2 Å². The molecule has 1 amide bonds. The van der Waals surface area contributed by atoms with Crippen LogP contribution in [-0.4, -0.2) is 61.3 Å². The first-order valence-electron chi connectivity index (χ1n) is 7.26. The molecule has 0 spiro atoms. The zero-order valence-corrected chi connectivity index (χ0v) is 13.0. The molecule has 1 N–H and O–H groups in total. The van der Waals surface area contributed by atoms with Crippen molar-refractivity contribution in [2.24, 2.45) is 5.41 Å². The number of carbonyl (C=O) groups is 3. The standard InChI is InChI=1S/C15H23NO6/c1-15(10-17,14(20)16-8-4-3-5-9-16)11-22-13(19)7-6-12(18)21-2/h6-7,17H,3-5,8-11H2,1-2H3/b7-6+. The van der Waals surface area contributed by atoms with Crippen molar-refractivity contribution in [3.05, 3.63) is 12.2 Å². The van der Waals surface area contributed by atoms with Crippen LogP contribution in [0.4, 0.5) is 0 Å². The number of methoxy groups -OCH3 is 1. The second-order valence-corrected chi connectivity index (χ2v) is 5.54. The van der Waals surface area contributed by atoms with E-state index in [4.69, 9.17) is 4.74 Å². The van der Waals surface area contributed by atoms with E-state index in [1.165, 1.54) is 7.11 Å². The van der Waals surface area contributed by atoms with Crippen molar-refractivity contribution in [2.45, 2.75) is 26.2 Å². The van der Waals surface area contributed by atoms with Gasteiger partial charge in [-0.3, -0.25) is 4.79 Å². The lowest BCUT2D eigenvalue weighted by Crippen LogP contribution is -2.49. The van der Waals surface area contributed by atoms with Gasteiger partial charge in [0.2, 0.25) is 5.91 Å². The van der Waals surface area contributed by atoms with Crippen LogP contribution in [0.5, 0.6) is 0 Å². The maximum Gasteiger partial charge on any atom is 0.331 e. The Hall–Kier alpha value is -1.89. The first-order chi connectivity index (χ1) is 10.4. The number of likely N-dealkylation sites (tertiary alicyclic amines) is 1. The Balaban J connectivity index is 2.58. The first kappa shape index (κ1) is 18.2. The molecule has 124 valence electrons. The molecule has 0 bridgehead atoms. The summed E-state index contributed by atoms with van der Waals surface area (Å²) >= 11 is 0. The van der Waals surface area contributed by atoms with Gasteiger partial charge in [-0.1, -0.05) is 0 Å². The smallest absolute Gasteiger partial charge is 0.331 e. The van der Waals surface area contributed by atoms with Crippen molar-refractivity contribution in [2.75, 3.05) is 33.4 Å². The third-order valence-electron chi connectivity index (χ3n) is 3.60. The molecular formula is C15H23NO6. The number of esters is 2. The largest absolute Gasteiger partial charge is 0.466 e. The molecule has 1 aliphatic rings. The molecule has 0 aromatic rings. The zero-order chi connectivity index (χ0) is 16.6. The SMILES string of the molecule is COC(=O)/C=C/C(=O)OCC(C)(CO)C(=O)N1CCCCC1. The van der Waals surface area contributed by atoms with Crippen LogP contribution in [0.25, 0.3) is 0 Å². The van der Waals surface area contributed by atoms with E-state index in [0.29, 0.717) is 13.1 Å². The molecule has 7 heteroatoms. The molecule has 0 radical (unpaired) electrons. The average Bonchev–Trinajstić information content (AvgIpc) is 2.57. The summed E-state index contributed by atoms with van der Waals surface area (Å²) in [5.41, 5.74) is -1.17. The monoisotopic (exact) mass is 313 g/mol. The lowest BCUT2D eigenvalue weighted by Gasteiger charge is -2.34. The van der Waals surface area contributed by atoms with E-state index in [1.807, 2.05) is 0 Å². The quantitative estimate of drug-likeness (QED) is 0.559. The van der Waals surface area contributed by atoms with Gasteiger partial charge in [-0.15, -0.1) is 0 Å². The summed E-state index contributed by atoms with van der Waals surface area (Å²) in [6.45, 7) is 2.20. The highest BCUT2D eigenvalue weighted by atomic mass is 16.5. The van der Waals surface area contributed by atoms with Crippen LogP contribution in [0.2, 0.25) is 0 Å². The molecule has 1 atom stereocenters. The van der Waals surface area contributed by atoms with E-state index in [0.717, 1.165) is 31.4 Å². The van der Waals surface area contributed by atoms with Crippen molar-refractivity contribution in [1.29, 1.82) is 0 Å². The van der Waals surface area contributed by atoms with Gasteiger partial charge in [0.15, 0.2) is 0 Å². The average molecular weight is 313 g/mol. The van der Waals surface area contributed by atoms with Gasteiger partial charge in [0.05, 0.1) is 13.7 Å². The van der Waals surface area contributed by atoms with Gasteiger partial charge >= 0.3 is 11.9 Å². The molecule has 0 aromatic carbocycles. The van der Waals surface area contributed by atoms with Crippen LogP contribution in [-0.2, 0) is 23.9 Å². The van der Waals surface area contributed by atoms with Gasteiger partial charge < -0.3 is 19.5 Å². The summed E-state index contributed by atoms with van der Waals surface area (Å²) < 4.78 is 9.31. The number of aliphatic hydroxyl groups excluding tert-OH is 1. The lowest BCUT2D eigenvalue weighted by molar-refractivity contribution is -0.154. The van der Waals surface area contributed by atoms with Crippen LogP contribution >= 0.6 is 0 Å². The topological polar surface area (TPSA) is 93.1 Å². The summed E-state index contributed by atoms with van der Waals surface area (Å²) in [5.74, 6) is -1.66. The van der Waals surface area contributed by atoms with Gasteiger partial charge in [-0.2, -0.15) is 0 Å². The van der Waals surface area contributed by atoms with Gasteiger partial charge in [-0.25, -0.2) is 9.59 Å². The van der Waals surface area contributed by atoms with Gasteiger partial charge in [0.25, 0.3) is 0 Å². The van der Waals surface area contributed by atoms with Crippen LogP contribution in [0.15, 0.2) is 12.2 Å². The minimum atomic E-state index is -1.17. The second kappa shape index (κ2) is 8.53. The van der Waals surface area contributed by atoms with Crippen LogP contribution in [0, 0.1) is 5.41 Å². The Labute approximate surface area is 129 Å². The van der Waals surface area contributed by atoms with E-state index in [9.17, 15) is 19.5 Å². The number of amides is 1. The Morgan fingerprint density at radius 1 is 1.14 bits per heavy atom. The Bertz CT molecular complexity index is 441. The fourth-order valence-electron chi connectivity index (χ4n) is 2.14. The minimum absolute atomic E-state index is 0.223. The molecule has 1 fully saturated rings. The fourth-order valence-corrected chi connectivity index (χ4v) is 2.14. The third kappa shape index (κ3) is 5.14. The third-order valence-corrected chi connectivity index (χ3v) is 3.60. The predicted octanol–water partition coefficient (Wildman–Crippen LogP) is 0.270. The van der Waals surface area contributed by atoms with E-state index in [2.05, 4.69) is 4.74 Å². The number of nitrogens with zero attached hydrogens (tertiary/aromatic N) is 1. The molecule has 0 aromatic heterocycles. The highest BCUT2D eigenvalue weighted by Crippen LogP contribution is 2.22. The van der Waals surface area contributed by atoms with Crippen molar-refractivity contribution in [3.63, 3.8) is 0 Å². The summed E-state index contributed by atoms with van der Waals surface area (Å²) in [6.07, 6.45) is 4.83. The minimum Gasteiger partial charge on any atom is -0.466 e. The fraction of sp³-hybridized carbons (Fsp3) is 0.667. The van der Waals surface area contributed by atoms with E-state index >= 15 is 0 Å². The highest BCUT2D eigenvalue weighted by molar-refractivity contribution is 5.91. The number of rotatable bonds is 6. The van der Waals surface area contributed by atoms with Crippen molar-refractivity contribution < 1.29 is 29.0 Å². The molecule has 0 aliphatic carbocycles. The molecule has 1 heterocycles. The Kier molecular flexibility index (Phi) is 7.04. The van der Waals surface area contributed by atoms with Crippen molar-refractivity contribution >= 4 is 17.8 Å². The molecule has 1 saturated heterocycles. The zero-order valence-electron chi connectivity index (χ0n) is 13.0. The molecule has 1 unspecified atom stereocenters. The Morgan fingerprint density at radius 2 is 1.73 bits per heavy atom. The van der Waals surface area contributed by atoms with Gasteiger partial charge in [-0.05, 0) is 26.2 Å². The van der Waals surface area contributed by atoms with Gasteiger partial charge in [0.1, 0.15) is 12.0 Å². The second-order valence-electron chi connectivity index (χ2n) is 5.54. The molecular weight excluding hydrogens is 290 g/mol. The Morgan fingerprint density at radius 3 is 2.27 bits per heavy atom. The summed E-state index contributed by atoms with van der Waals surface area (Å²) in [6, 6.07) is 0. The number of piperidine rings is 1. The normalized spacial score (nSPS) is 17.9. The highest BCUT2D eigenvalue weighted by Gasteiger charge is 2.38. The number of aliphatic hydroxyl groups is 1. The maximum absolute atomic E-state index is 12.5. The number of hydrogen-bond acceptors (Lipinski definition) is 6. The van der Waals surface area contributed by atoms with E-state index in [-0.39, 0.29) is 12.5 Å². The summed E-state index contributed by atoms with van der Waals surface area (Å²) in [4.78, 5) is 36.5.